The minimum atomic E-state index is -0.159. The van der Waals surface area contributed by atoms with Crippen molar-refractivity contribution in [2.45, 2.75) is 46.6 Å². The maximum absolute atomic E-state index is 12.8. The number of unbranched alkanes of at least 4 members (excludes halogenated alkanes) is 1. The smallest absolute Gasteiger partial charge is 0.242 e. The van der Waals surface area contributed by atoms with Gasteiger partial charge in [-0.05, 0) is 37.6 Å². The summed E-state index contributed by atoms with van der Waals surface area (Å²) in [6.45, 7) is 10.2. The highest BCUT2D eigenvalue weighted by Crippen LogP contribution is 2.27. The summed E-state index contributed by atoms with van der Waals surface area (Å²) < 4.78 is 5.31. The summed E-state index contributed by atoms with van der Waals surface area (Å²) in [4.78, 5) is 15.1. The van der Waals surface area contributed by atoms with Gasteiger partial charge in [0.15, 0.2) is 0 Å². The van der Waals surface area contributed by atoms with Crippen LogP contribution in [0.4, 0.5) is 11.4 Å². The van der Waals surface area contributed by atoms with E-state index in [1.54, 1.807) is 25.3 Å². The fraction of sp³-hybridized carbons (Fsp3) is 0.611. The molecule has 1 rings (SSSR count). The van der Waals surface area contributed by atoms with Crippen molar-refractivity contribution >= 4 is 17.3 Å². The number of amides is 1. The molecule has 0 heterocycles. The Labute approximate surface area is 140 Å². The van der Waals surface area contributed by atoms with Crippen LogP contribution in [0.1, 0.15) is 40.5 Å². The van der Waals surface area contributed by atoms with Crippen LogP contribution in [-0.4, -0.2) is 37.0 Å². The van der Waals surface area contributed by atoms with Gasteiger partial charge < -0.3 is 15.8 Å². The number of benzene rings is 1. The second-order valence-corrected chi connectivity index (χ2v) is 6.12. The average molecular weight is 321 g/mol. The molecule has 1 amide bonds. The normalized spacial score (nSPS) is 12.5. The Morgan fingerprint density at radius 2 is 2.04 bits per heavy atom. The molecule has 0 aromatic heterocycles. The third-order valence-electron chi connectivity index (χ3n) is 3.98. The molecule has 1 aromatic rings. The van der Waals surface area contributed by atoms with Crippen molar-refractivity contribution in [2.24, 2.45) is 5.92 Å². The lowest BCUT2D eigenvalue weighted by atomic mass is 10.0. The van der Waals surface area contributed by atoms with E-state index in [4.69, 9.17) is 10.5 Å². The molecule has 3 N–H and O–H groups in total. The van der Waals surface area contributed by atoms with Crippen molar-refractivity contribution < 1.29 is 9.53 Å². The molecule has 0 saturated carbocycles. The Bertz CT molecular complexity index is 503. The maximum Gasteiger partial charge on any atom is 0.242 e. The predicted molar refractivity (Wildman–Crippen MR) is 96.8 cm³/mol. The molecule has 5 heteroatoms. The van der Waals surface area contributed by atoms with E-state index in [0.717, 1.165) is 25.9 Å². The summed E-state index contributed by atoms with van der Waals surface area (Å²) >= 11 is 0. The van der Waals surface area contributed by atoms with Crippen LogP contribution < -0.4 is 15.8 Å². The quantitative estimate of drug-likeness (QED) is 0.684. The molecule has 0 aliphatic heterocycles. The van der Waals surface area contributed by atoms with E-state index >= 15 is 0 Å². The number of anilines is 2. The average Bonchev–Trinajstić information content (AvgIpc) is 2.52. The summed E-state index contributed by atoms with van der Waals surface area (Å²) in [6.07, 6.45) is 2.21. The summed E-state index contributed by atoms with van der Waals surface area (Å²) in [7, 11) is 1.57. The molecule has 1 aromatic carbocycles. The molecule has 1 atom stereocenters. The van der Waals surface area contributed by atoms with Gasteiger partial charge in [-0.2, -0.15) is 0 Å². The van der Waals surface area contributed by atoms with Gasteiger partial charge in [0, 0.05) is 11.8 Å². The second-order valence-electron chi connectivity index (χ2n) is 6.12. The monoisotopic (exact) mass is 321 g/mol. The lowest BCUT2D eigenvalue weighted by Gasteiger charge is -2.32. The maximum atomic E-state index is 12.8. The van der Waals surface area contributed by atoms with Crippen molar-refractivity contribution in [3.05, 3.63) is 18.2 Å². The lowest BCUT2D eigenvalue weighted by Crippen LogP contribution is -2.47. The van der Waals surface area contributed by atoms with Gasteiger partial charge in [0.05, 0.1) is 18.8 Å². The molecule has 5 nitrogen and oxygen atoms in total. The molecule has 0 fully saturated rings. The topological polar surface area (TPSA) is 67.6 Å². The second kappa shape index (κ2) is 9.40. The summed E-state index contributed by atoms with van der Waals surface area (Å²) in [5, 5.41) is 3.00. The molecular weight excluding hydrogens is 290 g/mol. The fourth-order valence-corrected chi connectivity index (χ4v) is 2.76. The van der Waals surface area contributed by atoms with Gasteiger partial charge >= 0.3 is 0 Å². The van der Waals surface area contributed by atoms with E-state index in [1.165, 1.54) is 0 Å². The zero-order valence-corrected chi connectivity index (χ0v) is 15.1. The van der Waals surface area contributed by atoms with Gasteiger partial charge in [0.25, 0.3) is 0 Å². The number of ether oxygens (including phenoxy) is 1. The molecule has 0 bridgehead atoms. The first-order chi connectivity index (χ1) is 10.9. The van der Waals surface area contributed by atoms with E-state index in [9.17, 15) is 4.79 Å². The number of carbonyl (C=O) groups excluding carboxylic acids is 1. The Hall–Kier alpha value is -1.75. The molecule has 0 spiro atoms. The van der Waals surface area contributed by atoms with Crippen molar-refractivity contribution in [3.8, 4) is 5.75 Å². The Kier molecular flexibility index (Phi) is 7.89. The molecule has 0 radical (unpaired) electrons. The highest BCUT2D eigenvalue weighted by atomic mass is 16.5. The summed E-state index contributed by atoms with van der Waals surface area (Å²) in [5.74, 6) is 0.810. The number of nitrogen functional groups attached to an aromatic ring is 1. The predicted octanol–water partition coefficient (Wildman–Crippen LogP) is 3.36. The fourth-order valence-electron chi connectivity index (χ4n) is 2.76. The number of methoxy groups -OCH3 is 1. The van der Waals surface area contributed by atoms with Gasteiger partial charge in [-0.15, -0.1) is 0 Å². The number of carbonyl (C=O) groups is 1. The first kappa shape index (κ1) is 19.3. The van der Waals surface area contributed by atoms with Crippen molar-refractivity contribution in [1.82, 2.24) is 4.90 Å². The van der Waals surface area contributed by atoms with E-state index < -0.39 is 0 Å². The van der Waals surface area contributed by atoms with Crippen LogP contribution in [0.25, 0.3) is 0 Å². The van der Waals surface area contributed by atoms with Crippen LogP contribution in [0.15, 0.2) is 18.2 Å². The Morgan fingerprint density at radius 3 is 2.57 bits per heavy atom. The lowest BCUT2D eigenvalue weighted by molar-refractivity contribution is -0.122. The van der Waals surface area contributed by atoms with Gasteiger partial charge in [-0.25, -0.2) is 0 Å². The third-order valence-corrected chi connectivity index (χ3v) is 3.98. The largest absolute Gasteiger partial charge is 0.494 e. The first-order valence-electron chi connectivity index (χ1n) is 8.42. The van der Waals surface area contributed by atoms with Crippen LogP contribution in [0, 0.1) is 5.92 Å². The third kappa shape index (κ3) is 5.43. The SMILES string of the molecule is CCCCN(CC)C(C(=O)Nc1ccc(N)cc1OC)C(C)C. The van der Waals surface area contributed by atoms with Crippen LogP contribution >= 0.6 is 0 Å². The molecule has 0 aliphatic carbocycles. The highest BCUT2D eigenvalue weighted by Gasteiger charge is 2.28. The number of nitrogens with one attached hydrogen (secondary N) is 1. The van der Waals surface area contributed by atoms with Gasteiger partial charge in [0.2, 0.25) is 5.91 Å². The molecular formula is C18H31N3O2. The van der Waals surface area contributed by atoms with Crippen molar-refractivity contribution in [3.63, 3.8) is 0 Å². The standard InChI is InChI=1S/C18H31N3O2/c1-6-8-11-21(7-2)17(13(3)4)18(22)20-15-10-9-14(19)12-16(15)23-5/h9-10,12-13,17H,6-8,11,19H2,1-5H3,(H,20,22). The highest BCUT2D eigenvalue weighted by molar-refractivity contribution is 5.96. The van der Waals surface area contributed by atoms with Crippen molar-refractivity contribution in [1.29, 1.82) is 0 Å². The van der Waals surface area contributed by atoms with Crippen LogP contribution in [-0.2, 0) is 4.79 Å². The minimum Gasteiger partial charge on any atom is -0.494 e. The molecule has 1 unspecified atom stereocenters. The minimum absolute atomic E-state index is 0.000949. The van der Waals surface area contributed by atoms with E-state index in [2.05, 4.69) is 37.9 Å². The molecule has 0 aliphatic rings. The number of nitrogens with zero attached hydrogens (tertiary/aromatic N) is 1. The van der Waals surface area contributed by atoms with Crippen LogP contribution in [0.5, 0.6) is 5.75 Å². The number of hydrogen-bond donors (Lipinski definition) is 2. The van der Waals surface area contributed by atoms with E-state index in [0.29, 0.717) is 17.1 Å². The molecule has 0 saturated heterocycles. The van der Waals surface area contributed by atoms with Crippen LogP contribution in [0.2, 0.25) is 0 Å². The number of nitrogens with two attached hydrogens (primary N) is 1. The number of rotatable bonds is 9. The number of hydrogen-bond acceptors (Lipinski definition) is 4. The molecule has 23 heavy (non-hydrogen) atoms. The van der Waals surface area contributed by atoms with Gasteiger partial charge in [-0.3, -0.25) is 9.69 Å². The Morgan fingerprint density at radius 1 is 1.35 bits per heavy atom. The summed E-state index contributed by atoms with van der Waals surface area (Å²) in [5.41, 5.74) is 7.03. The van der Waals surface area contributed by atoms with Gasteiger partial charge in [0.1, 0.15) is 5.75 Å². The van der Waals surface area contributed by atoms with Crippen LogP contribution in [0.3, 0.4) is 0 Å². The summed E-state index contributed by atoms with van der Waals surface area (Å²) in [6, 6.07) is 5.10. The molecule has 130 valence electrons. The van der Waals surface area contributed by atoms with Gasteiger partial charge in [-0.1, -0.05) is 34.1 Å². The van der Waals surface area contributed by atoms with E-state index in [-0.39, 0.29) is 17.9 Å². The number of likely N-dealkylation sites (N-methyl/N-ethyl adjacent to an activating group) is 1. The zero-order chi connectivity index (χ0) is 17.4. The Balaban J connectivity index is 2.94. The zero-order valence-electron chi connectivity index (χ0n) is 15.1. The first-order valence-corrected chi connectivity index (χ1v) is 8.42. The van der Waals surface area contributed by atoms with E-state index in [1.807, 2.05) is 0 Å². The van der Waals surface area contributed by atoms with Crippen molar-refractivity contribution in [2.75, 3.05) is 31.2 Å².